The lowest BCUT2D eigenvalue weighted by molar-refractivity contribution is -0.497. The van der Waals surface area contributed by atoms with Crippen molar-refractivity contribution in [2.45, 2.75) is 30.7 Å². The number of carbonyl (C=O) groups excluding carboxylic acids is 1. The summed E-state index contributed by atoms with van der Waals surface area (Å²) in [5.41, 5.74) is 0.938. The van der Waals surface area contributed by atoms with Gasteiger partial charge >= 0.3 is 0 Å². The van der Waals surface area contributed by atoms with Crippen molar-refractivity contribution in [2.75, 3.05) is 26.9 Å². The van der Waals surface area contributed by atoms with Crippen LogP contribution in [-0.2, 0) is 14.9 Å². The van der Waals surface area contributed by atoms with Crippen LogP contribution in [0.2, 0.25) is 0 Å². The van der Waals surface area contributed by atoms with Crippen LogP contribution in [0.15, 0.2) is 24.3 Å². The Kier molecular flexibility index (Phi) is 4.71. The van der Waals surface area contributed by atoms with Gasteiger partial charge in [-0.05, 0) is 30.5 Å². The lowest BCUT2D eigenvalue weighted by Crippen LogP contribution is -2.45. The van der Waals surface area contributed by atoms with Gasteiger partial charge in [0.25, 0.3) is 0 Å². The molecule has 0 spiro atoms. The number of nitro groups is 1. The monoisotopic (exact) mass is 334 g/mol. The SMILES string of the molecule is COc1ccc(C2(CNC(=O)C3CC3[N+](=O)[O-])CCOCC2)cc1. The third kappa shape index (κ3) is 3.36. The number of benzene rings is 1. The summed E-state index contributed by atoms with van der Waals surface area (Å²) in [6, 6.07) is 7.16. The van der Waals surface area contributed by atoms with E-state index in [-0.39, 0.29) is 16.2 Å². The molecule has 1 N–H and O–H groups in total. The lowest BCUT2D eigenvalue weighted by atomic mass is 9.74. The molecule has 1 saturated carbocycles. The molecule has 24 heavy (non-hydrogen) atoms. The summed E-state index contributed by atoms with van der Waals surface area (Å²) in [5.74, 6) is 0.0978. The highest BCUT2D eigenvalue weighted by Crippen LogP contribution is 2.37. The highest BCUT2D eigenvalue weighted by Gasteiger charge is 2.53. The average molecular weight is 334 g/mol. The van der Waals surface area contributed by atoms with Crippen LogP contribution in [0.3, 0.4) is 0 Å². The van der Waals surface area contributed by atoms with E-state index in [0.29, 0.717) is 26.2 Å². The molecule has 1 aromatic rings. The summed E-state index contributed by atoms with van der Waals surface area (Å²) < 4.78 is 10.7. The Morgan fingerprint density at radius 3 is 2.58 bits per heavy atom. The van der Waals surface area contributed by atoms with E-state index >= 15 is 0 Å². The summed E-state index contributed by atoms with van der Waals surface area (Å²) in [7, 11) is 1.63. The summed E-state index contributed by atoms with van der Waals surface area (Å²) >= 11 is 0. The molecule has 130 valence electrons. The Labute approximate surface area is 140 Å². The Morgan fingerprint density at radius 2 is 2.04 bits per heavy atom. The van der Waals surface area contributed by atoms with Gasteiger partial charge in [-0.2, -0.15) is 0 Å². The predicted molar refractivity (Wildman–Crippen MR) is 86.6 cm³/mol. The molecule has 2 fully saturated rings. The van der Waals surface area contributed by atoms with Gasteiger partial charge in [0.2, 0.25) is 11.9 Å². The van der Waals surface area contributed by atoms with Crippen molar-refractivity contribution in [1.82, 2.24) is 5.32 Å². The van der Waals surface area contributed by atoms with E-state index in [0.717, 1.165) is 24.2 Å². The molecule has 1 aliphatic heterocycles. The molecule has 1 saturated heterocycles. The van der Waals surface area contributed by atoms with Crippen molar-refractivity contribution in [3.8, 4) is 5.75 Å². The number of amides is 1. The molecule has 1 heterocycles. The first-order valence-corrected chi connectivity index (χ1v) is 8.19. The Bertz CT molecular complexity index is 610. The van der Waals surface area contributed by atoms with Gasteiger partial charge in [-0.3, -0.25) is 14.9 Å². The van der Waals surface area contributed by atoms with Crippen LogP contribution >= 0.6 is 0 Å². The molecule has 1 amide bonds. The molecule has 7 heteroatoms. The van der Waals surface area contributed by atoms with Gasteiger partial charge in [0.15, 0.2) is 0 Å². The average Bonchev–Trinajstić information content (AvgIpc) is 3.42. The van der Waals surface area contributed by atoms with Crippen LogP contribution in [0.1, 0.15) is 24.8 Å². The van der Waals surface area contributed by atoms with Crippen LogP contribution in [0.5, 0.6) is 5.75 Å². The molecular weight excluding hydrogens is 312 g/mol. The summed E-state index contributed by atoms with van der Waals surface area (Å²) in [5, 5.41) is 13.7. The molecule has 1 aromatic carbocycles. The van der Waals surface area contributed by atoms with Gasteiger partial charge in [-0.25, -0.2) is 0 Å². The van der Waals surface area contributed by atoms with Gasteiger partial charge in [-0.1, -0.05) is 12.1 Å². The quantitative estimate of drug-likeness (QED) is 0.629. The van der Waals surface area contributed by atoms with Crippen molar-refractivity contribution in [3.05, 3.63) is 39.9 Å². The van der Waals surface area contributed by atoms with Crippen molar-refractivity contribution in [2.24, 2.45) is 5.92 Å². The van der Waals surface area contributed by atoms with Gasteiger partial charge in [0.05, 0.1) is 7.11 Å². The first kappa shape index (κ1) is 16.7. The van der Waals surface area contributed by atoms with E-state index in [1.807, 2.05) is 24.3 Å². The van der Waals surface area contributed by atoms with Crippen molar-refractivity contribution < 1.29 is 19.2 Å². The second kappa shape index (κ2) is 6.76. The second-order valence-electron chi connectivity index (χ2n) is 6.53. The van der Waals surface area contributed by atoms with E-state index < -0.39 is 12.0 Å². The smallest absolute Gasteiger partial charge is 0.230 e. The van der Waals surface area contributed by atoms with Crippen LogP contribution < -0.4 is 10.1 Å². The summed E-state index contributed by atoms with van der Waals surface area (Å²) in [4.78, 5) is 22.5. The first-order chi connectivity index (χ1) is 11.6. The fourth-order valence-electron chi connectivity index (χ4n) is 3.36. The standard InChI is InChI=1S/C17H22N2O5/c1-23-13-4-2-12(3-5-13)17(6-8-24-9-7-17)11-18-16(20)14-10-15(14)19(21)22/h2-5,14-15H,6-11H2,1H3,(H,18,20). The van der Waals surface area contributed by atoms with Gasteiger partial charge < -0.3 is 14.8 Å². The molecule has 0 aromatic heterocycles. The third-order valence-electron chi connectivity index (χ3n) is 5.12. The highest BCUT2D eigenvalue weighted by atomic mass is 16.6. The molecule has 2 unspecified atom stereocenters. The number of hydrogen-bond acceptors (Lipinski definition) is 5. The molecule has 2 aliphatic rings. The summed E-state index contributed by atoms with van der Waals surface area (Å²) in [6.45, 7) is 1.76. The Hall–Kier alpha value is -2.15. The van der Waals surface area contributed by atoms with Gasteiger partial charge in [-0.15, -0.1) is 0 Å². The normalized spacial score (nSPS) is 24.9. The molecule has 2 atom stereocenters. The molecule has 1 aliphatic carbocycles. The number of nitrogens with one attached hydrogen (secondary N) is 1. The predicted octanol–water partition coefficient (Wildman–Crippen LogP) is 1.52. The minimum absolute atomic E-state index is 0.195. The number of methoxy groups -OCH3 is 1. The maximum atomic E-state index is 12.2. The minimum Gasteiger partial charge on any atom is -0.497 e. The number of hydrogen-bond donors (Lipinski definition) is 1. The van der Waals surface area contributed by atoms with E-state index in [1.54, 1.807) is 7.11 Å². The van der Waals surface area contributed by atoms with E-state index in [2.05, 4.69) is 5.32 Å². The zero-order valence-electron chi connectivity index (χ0n) is 13.7. The largest absolute Gasteiger partial charge is 0.497 e. The summed E-state index contributed by atoms with van der Waals surface area (Å²) in [6.07, 6.45) is 1.96. The van der Waals surface area contributed by atoms with Crippen LogP contribution in [0.4, 0.5) is 0 Å². The number of rotatable bonds is 6. The number of carbonyl (C=O) groups is 1. The molecular formula is C17H22N2O5. The second-order valence-corrected chi connectivity index (χ2v) is 6.53. The number of ether oxygens (including phenoxy) is 2. The van der Waals surface area contributed by atoms with Crippen LogP contribution in [0, 0.1) is 16.0 Å². The van der Waals surface area contributed by atoms with Crippen molar-refractivity contribution >= 4 is 5.91 Å². The Balaban J connectivity index is 1.69. The zero-order chi connectivity index (χ0) is 17.2. The highest BCUT2D eigenvalue weighted by molar-refractivity contribution is 5.82. The first-order valence-electron chi connectivity index (χ1n) is 8.19. The van der Waals surface area contributed by atoms with E-state index in [1.165, 1.54) is 0 Å². The Morgan fingerprint density at radius 1 is 1.38 bits per heavy atom. The van der Waals surface area contributed by atoms with Crippen molar-refractivity contribution in [3.63, 3.8) is 0 Å². The molecule has 0 bridgehead atoms. The van der Waals surface area contributed by atoms with Gasteiger partial charge in [0.1, 0.15) is 11.7 Å². The van der Waals surface area contributed by atoms with E-state index in [9.17, 15) is 14.9 Å². The fourth-order valence-corrected chi connectivity index (χ4v) is 3.36. The molecule has 3 rings (SSSR count). The fraction of sp³-hybridized carbons (Fsp3) is 0.588. The third-order valence-corrected chi connectivity index (χ3v) is 5.12. The molecule has 7 nitrogen and oxygen atoms in total. The van der Waals surface area contributed by atoms with Crippen molar-refractivity contribution in [1.29, 1.82) is 0 Å². The van der Waals surface area contributed by atoms with Crippen LogP contribution in [0.25, 0.3) is 0 Å². The van der Waals surface area contributed by atoms with Crippen LogP contribution in [-0.4, -0.2) is 43.7 Å². The van der Waals surface area contributed by atoms with Gasteiger partial charge in [0, 0.05) is 36.5 Å². The van der Waals surface area contributed by atoms with E-state index in [4.69, 9.17) is 9.47 Å². The maximum absolute atomic E-state index is 12.2. The minimum atomic E-state index is -0.711. The zero-order valence-corrected chi connectivity index (χ0v) is 13.7. The lowest BCUT2D eigenvalue weighted by Gasteiger charge is -2.38. The topological polar surface area (TPSA) is 90.7 Å². The maximum Gasteiger partial charge on any atom is 0.230 e. The molecule has 0 radical (unpaired) electrons. The number of nitrogens with zero attached hydrogens (tertiary/aromatic N) is 1.